The number of benzene rings is 1. The molecule has 2 aliphatic rings. The van der Waals surface area contributed by atoms with Crippen LogP contribution < -0.4 is 0 Å². The predicted octanol–water partition coefficient (Wildman–Crippen LogP) is 3.02. The largest absolute Gasteiger partial charge is 0.469 e. The number of nitrogens with zero attached hydrogens (tertiary/aromatic N) is 1. The summed E-state index contributed by atoms with van der Waals surface area (Å²) in [5, 5.41) is 2.67. The number of aromatic nitrogens is 1. The molecular formula is C18H22N2O2S. The summed E-state index contributed by atoms with van der Waals surface area (Å²) in [6, 6.07) is 7.00. The maximum absolute atomic E-state index is 12.1. The quantitative estimate of drug-likeness (QED) is 0.679. The summed E-state index contributed by atoms with van der Waals surface area (Å²) in [5.74, 6) is 0.300. The van der Waals surface area contributed by atoms with Crippen molar-refractivity contribution in [3.05, 3.63) is 29.3 Å². The van der Waals surface area contributed by atoms with Gasteiger partial charge in [-0.1, -0.05) is 12.1 Å². The van der Waals surface area contributed by atoms with Crippen LogP contribution in [-0.2, 0) is 16.0 Å². The number of nitrogens with one attached hydrogen (secondary N) is 1. The molecule has 1 aromatic heterocycles. The second kappa shape index (κ2) is 5.56. The molecular weight excluding hydrogens is 308 g/mol. The van der Waals surface area contributed by atoms with Crippen molar-refractivity contribution >= 4 is 28.6 Å². The molecule has 0 bridgehead atoms. The molecule has 3 atom stereocenters. The molecule has 1 aliphatic carbocycles. The molecule has 5 heteroatoms. The first kappa shape index (κ1) is 15.1. The molecule has 1 saturated heterocycles. The lowest BCUT2D eigenvalue weighted by atomic mass is 9.72. The lowest BCUT2D eigenvalue weighted by Crippen LogP contribution is -2.49. The zero-order chi connectivity index (χ0) is 16.1. The van der Waals surface area contributed by atoms with E-state index in [9.17, 15) is 4.79 Å². The van der Waals surface area contributed by atoms with Crippen molar-refractivity contribution in [3.8, 4) is 0 Å². The van der Waals surface area contributed by atoms with Crippen LogP contribution in [0.1, 0.15) is 23.5 Å². The molecule has 2 aromatic rings. The summed E-state index contributed by atoms with van der Waals surface area (Å²) < 4.78 is 5.01. The zero-order valence-corrected chi connectivity index (χ0v) is 14.6. The minimum atomic E-state index is -0.0767. The van der Waals surface area contributed by atoms with Gasteiger partial charge in [0.2, 0.25) is 0 Å². The number of methoxy groups -OCH3 is 1. The van der Waals surface area contributed by atoms with Crippen molar-refractivity contribution < 1.29 is 9.53 Å². The molecule has 0 radical (unpaired) electrons. The Morgan fingerprint density at radius 2 is 2.26 bits per heavy atom. The first-order valence-corrected chi connectivity index (χ1v) is 9.32. The number of hydrogen-bond acceptors (Lipinski definition) is 4. The molecule has 4 rings (SSSR count). The number of hydrogen-bond donors (Lipinski definition) is 1. The second-order valence-corrected chi connectivity index (χ2v) is 7.50. The summed E-state index contributed by atoms with van der Waals surface area (Å²) in [4.78, 5) is 18.0. The van der Waals surface area contributed by atoms with Gasteiger partial charge in [0.05, 0.1) is 18.1 Å². The van der Waals surface area contributed by atoms with Gasteiger partial charge in [0.1, 0.15) is 0 Å². The highest BCUT2D eigenvalue weighted by Gasteiger charge is 2.42. The first-order chi connectivity index (χ1) is 11.1. The van der Waals surface area contributed by atoms with E-state index in [1.165, 1.54) is 34.2 Å². The molecule has 0 unspecified atom stereocenters. The lowest BCUT2D eigenvalue weighted by Gasteiger charge is -2.44. The summed E-state index contributed by atoms with van der Waals surface area (Å²) in [5.41, 5.74) is 4.07. The van der Waals surface area contributed by atoms with E-state index >= 15 is 0 Å². The maximum atomic E-state index is 12.1. The third-order valence-corrected chi connectivity index (χ3v) is 6.31. The predicted molar refractivity (Wildman–Crippen MR) is 93.1 cm³/mol. The molecule has 1 fully saturated rings. The van der Waals surface area contributed by atoms with E-state index in [4.69, 9.17) is 4.74 Å². The number of rotatable bonds is 2. The second-order valence-electron chi connectivity index (χ2n) is 6.68. The Hall–Kier alpha value is -1.46. The van der Waals surface area contributed by atoms with Crippen LogP contribution in [-0.4, -0.2) is 48.9 Å². The topological polar surface area (TPSA) is 45.3 Å². The number of carbonyl (C=O) groups is 1. The van der Waals surface area contributed by atoms with E-state index in [2.05, 4.69) is 41.4 Å². The van der Waals surface area contributed by atoms with Gasteiger partial charge in [0, 0.05) is 29.4 Å². The fourth-order valence-electron chi connectivity index (χ4n) is 4.51. The van der Waals surface area contributed by atoms with Crippen molar-refractivity contribution in [3.63, 3.8) is 0 Å². The fraction of sp³-hybridized carbons (Fsp3) is 0.500. The summed E-state index contributed by atoms with van der Waals surface area (Å²) in [7, 11) is 3.63. The summed E-state index contributed by atoms with van der Waals surface area (Å²) >= 11 is 1.79. The van der Waals surface area contributed by atoms with Crippen molar-refractivity contribution in [2.24, 2.45) is 5.92 Å². The van der Waals surface area contributed by atoms with Crippen LogP contribution >= 0.6 is 11.8 Å². The fourth-order valence-corrected chi connectivity index (χ4v) is 5.15. The number of thioether (sulfide) groups is 1. The van der Waals surface area contributed by atoms with Gasteiger partial charge < -0.3 is 14.6 Å². The Labute approximate surface area is 140 Å². The minimum absolute atomic E-state index is 0.0259. The maximum Gasteiger partial charge on any atom is 0.309 e. The van der Waals surface area contributed by atoms with Crippen molar-refractivity contribution in [1.82, 2.24) is 9.88 Å². The van der Waals surface area contributed by atoms with Crippen molar-refractivity contribution in [2.75, 3.05) is 27.0 Å². The van der Waals surface area contributed by atoms with Crippen LogP contribution in [0.4, 0.5) is 0 Å². The highest BCUT2D eigenvalue weighted by molar-refractivity contribution is 7.98. The van der Waals surface area contributed by atoms with Crippen LogP contribution in [0.3, 0.4) is 0 Å². The van der Waals surface area contributed by atoms with Gasteiger partial charge in [0.25, 0.3) is 0 Å². The SMILES string of the molecule is COC(=O)[C@@H]1C[C@@H]2c3cccc4[nH]c(SC)c(c34)C[C@H]2N(C)C1. The standard InChI is InChI=1S/C18H22N2O2S/c1-20-9-10(18(21)22-2)7-12-11-5-4-6-14-16(11)13(8-15(12)20)17(19-14)23-3/h4-6,10,12,15,19H,7-9H2,1-3H3/t10-,12-,15-/m1/s1. The Bertz CT molecular complexity index is 770. The normalized spacial score (nSPS) is 27.0. The highest BCUT2D eigenvalue weighted by atomic mass is 32.2. The number of fused-ring (bicyclic) bond motifs is 2. The zero-order valence-electron chi connectivity index (χ0n) is 13.8. The Morgan fingerprint density at radius 1 is 1.43 bits per heavy atom. The van der Waals surface area contributed by atoms with Gasteiger partial charge in [-0.2, -0.15) is 0 Å². The number of aromatic amines is 1. The van der Waals surface area contributed by atoms with Crippen LogP contribution in [0.25, 0.3) is 10.9 Å². The molecule has 1 aromatic carbocycles. The van der Waals surface area contributed by atoms with Crippen LogP contribution in [0.5, 0.6) is 0 Å². The van der Waals surface area contributed by atoms with E-state index in [0.29, 0.717) is 12.0 Å². The number of piperidine rings is 1. The number of esters is 1. The molecule has 1 N–H and O–H groups in total. The smallest absolute Gasteiger partial charge is 0.309 e. The van der Waals surface area contributed by atoms with Crippen LogP contribution in [0.15, 0.2) is 23.2 Å². The molecule has 1 aliphatic heterocycles. The van der Waals surface area contributed by atoms with Crippen LogP contribution in [0.2, 0.25) is 0 Å². The van der Waals surface area contributed by atoms with Crippen molar-refractivity contribution in [1.29, 1.82) is 0 Å². The molecule has 0 amide bonds. The van der Waals surface area contributed by atoms with Gasteiger partial charge in [0.15, 0.2) is 0 Å². The summed E-state index contributed by atoms with van der Waals surface area (Å²) in [6.07, 6.45) is 4.08. The van der Waals surface area contributed by atoms with Gasteiger partial charge >= 0.3 is 5.97 Å². The third kappa shape index (κ3) is 2.21. The molecule has 2 heterocycles. The van der Waals surface area contributed by atoms with Crippen LogP contribution in [0, 0.1) is 5.92 Å². The van der Waals surface area contributed by atoms with Gasteiger partial charge in [-0.25, -0.2) is 0 Å². The van der Waals surface area contributed by atoms with E-state index in [1.54, 1.807) is 11.8 Å². The number of likely N-dealkylation sites (N-methyl/N-ethyl adjacent to an activating group) is 1. The molecule has 0 spiro atoms. The molecule has 23 heavy (non-hydrogen) atoms. The monoisotopic (exact) mass is 330 g/mol. The Kier molecular flexibility index (Phi) is 3.65. The number of carbonyl (C=O) groups excluding carboxylic acids is 1. The number of ether oxygens (including phenoxy) is 1. The van der Waals surface area contributed by atoms with Crippen molar-refractivity contribution in [2.45, 2.75) is 29.8 Å². The lowest BCUT2D eigenvalue weighted by molar-refractivity contribution is -0.148. The number of H-pyrrole nitrogens is 1. The average molecular weight is 330 g/mol. The highest BCUT2D eigenvalue weighted by Crippen LogP contribution is 2.46. The first-order valence-electron chi connectivity index (χ1n) is 8.09. The molecule has 122 valence electrons. The average Bonchev–Trinajstić information content (AvgIpc) is 2.94. The molecule has 4 nitrogen and oxygen atoms in total. The molecule has 0 saturated carbocycles. The minimum Gasteiger partial charge on any atom is -0.469 e. The van der Waals surface area contributed by atoms with E-state index < -0.39 is 0 Å². The van der Waals surface area contributed by atoms with Gasteiger partial charge in [-0.05, 0) is 43.3 Å². The van der Waals surface area contributed by atoms with E-state index in [1.807, 2.05) is 0 Å². The third-order valence-electron chi connectivity index (χ3n) is 5.55. The van der Waals surface area contributed by atoms with Gasteiger partial charge in [-0.3, -0.25) is 4.79 Å². The van der Waals surface area contributed by atoms with E-state index in [-0.39, 0.29) is 11.9 Å². The van der Waals surface area contributed by atoms with E-state index in [0.717, 1.165) is 19.4 Å². The van der Waals surface area contributed by atoms with Gasteiger partial charge in [-0.15, -0.1) is 11.8 Å². The Morgan fingerprint density at radius 3 is 3.00 bits per heavy atom. The number of likely N-dealkylation sites (tertiary alicyclic amines) is 1. The Balaban J connectivity index is 1.83. The summed E-state index contributed by atoms with van der Waals surface area (Å²) in [6.45, 7) is 0.790.